The van der Waals surface area contributed by atoms with Crippen LogP contribution in [0, 0.1) is 6.92 Å². The van der Waals surface area contributed by atoms with Crippen molar-refractivity contribution in [3.63, 3.8) is 0 Å². The third-order valence-electron chi connectivity index (χ3n) is 4.52. The summed E-state index contributed by atoms with van der Waals surface area (Å²) in [5.41, 5.74) is 2.46. The van der Waals surface area contributed by atoms with Crippen molar-refractivity contribution in [1.29, 1.82) is 0 Å². The van der Waals surface area contributed by atoms with Crippen molar-refractivity contribution in [3.8, 4) is 22.8 Å². The fourth-order valence-corrected chi connectivity index (χ4v) is 3.99. The lowest BCUT2D eigenvalue weighted by Gasteiger charge is -2.11. The van der Waals surface area contributed by atoms with Gasteiger partial charge in [0.1, 0.15) is 17.2 Å². The summed E-state index contributed by atoms with van der Waals surface area (Å²) < 4.78 is 13.3. The number of rotatable bonds is 7. The fourth-order valence-electron chi connectivity index (χ4n) is 3.10. The molecule has 158 valence electrons. The predicted molar refractivity (Wildman–Crippen MR) is 124 cm³/mol. The highest BCUT2D eigenvalue weighted by atomic mass is 35.5. The second kappa shape index (κ2) is 9.56. The molecule has 0 aliphatic heterocycles. The van der Waals surface area contributed by atoms with Crippen LogP contribution in [0.5, 0.6) is 11.6 Å². The normalized spacial score (nSPS) is 10.8. The van der Waals surface area contributed by atoms with Crippen molar-refractivity contribution in [2.75, 3.05) is 6.61 Å². The molecule has 0 aliphatic carbocycles. The van der Waals surface area contributed by atoms with Gasteiger partial charge in [-0.15, -0.1) is 11.3 Å². The molecule has 0 N–H and O–H groups in total. The van der Waals surface area contributed by atoms with Crippen LogP contribution in [0.3, 0.4) is 0 Å². The molecule has 0 unspecified atom stereocenters. The van der Waals surface area contributed by atoms with E-state index in [0.29, 0.717) is 39.7 Å². The quantitative estimate of drug-likeness (QED) is 0.287. The highest BCUT2D eigenvalue weighted by Crippen LogP contribution is 2.34. The summed E-state index contributed by atoms with van der Waals surface area (Å²) in [6.45, 7) is 2.57. The zero-order chi connectivity index (χ0) is 21.8. The number of aryl methyl sites for hydroxylation is 1. The van der Waals surface area contributed by atoms with Crippen molar-refractivity contribution in [2.45, 2.75) is 13.5 Å². The molecule has 0 fully saturated rings. The number of esters is 1. The minimum Gasteiger partial charge on any atom is -0.492 e. The number of hydrogen-bond donors (Lipinski definition) is 0. The molecular formula is C23H18Cl2N2O3S. The fraction of sp³-hybridized carbons (Fsp3) is 0.130. The van der Waals surface area contributed by atoms with Crippen LogP contribution >= 0.6 is 34.5 Å². The summed E-state index contributed by atoms with van der Waals surface area (Å²) in [6, 6.07) is 18.4. The van der Waals surface area contributed by atoms with Crippen molar-refractivity contribution < 1.29 is 14.3 Å². The number of carbonyl (C=O) groups is 1. The molecule has 4 rings (SSSR count). The number of ether oxygens (including phenoxy) is 2. The number of hydrogen-bond acceptors (Lipinski definition) is 5. The molecule has 8 heteroatoms. The number of benzene rings is 2. The number of thiophene rings is 1. The number of carbonyl (C=O) groups excluding carboxylic acids is 1. The molecule has 0 atom stereocenters. The van der Waals surface area contributed by atoms with E-state index in [-0.39, 0.29) is 0 Å². The van der Waals surface area contributed by atoms with E-state index in [1.807, 2.05) is 48.7 Å². The van der Waals surface area contributed by atoms with Gasteiger partial charge in [-0.3, -0.25) is 0 Å². The lowest BCUT2D eigenvalue weighted by atomic mass is 10.1. The molecule has 0 saturated carbocycles. The van der Waals surface area contributed by atoms with Crippen molar-refractivity contribution in [1.82, 2.24) is 9.78 Å². The number of nitrogens with zero attached hydrogens (tertiary/aromatic N) is 2. The van der Waals surface area contributed by atoms with Crippen molar-refractivity contribution in [2.24, 2.45) is 0 Å². The minimum absolute atomic E-state index is 0.302. The van der Waals surface area contributed by atoms with Gasteiger partial charge in [0.2, 0.25) is 5.88 Å². The highest BCUT2D eigenvalue weighted by Gasteiger charge is 2.22. The van der Waals surface area contributed by atoms with E-state index < -0.39 is 5.97 Å². The van der Waals surface area contributed by atoms with Crippen LogP contribution in [0.15, 0.2) is 66.0 Å². The Morgan fingerprint density at radius 2 is 1.87 bits per heavy atom. The maximum absolute atomic E-state index is 12.7. The SMILES string of the molecule is Cc1nn(CCOc2ccc(Cl)c(Cl)c2)c(OC(=O)c2cccs2)c1-c1ccccc1. The molecule has 0 aliphatic rings. The largest absolute Gasteiger partial charge is 0.492 e. The first kappa shape index (κ1) is 21.4. The maximum Gasteiger partial charge on any atom is 0.355 e. The predicted octanol–water partition coefficient (Wildman–Crippen LogP) is 6.53. The molecule has 5 nitrogen and oxygen atoms in total. The van der Waals surface area contributed by atoms with E-state index in [0.717, 1.165) is 16.8 Å². The maximum atomic E-state index is 12.7. The molecule has 0 saturated heterocycles. The molecule has 0 radical (unpaired) electrons. The van der Waals surface area contributed by atoms with Gasteiger partial charge in [0.15, 0.2) is 0 Å². The first-order chi connectivity index (χ1) is 15.0. The third kappa shape index (κ3) is 4.93. The van der Waals surface area contributed by atoms with Gasteiger partial charge in [0.05, 0.1) is 27.8 Å². The minimum atomic E-state index is -0.418. The average Bonchev–Trinajstić information content (AvgIpc) is 3.40. The Kier molecular flexibility index (Phi) is 6.61. The van der Waals surface area contributed by atoms with Crippen LogP contribution in [0.2, 0.25) is 10.0 Å². The molecule has 2 heterocycles. The van der Waals surface area contributed by atoms with Crippen LogP contribution < -0.4 is 9.47 Å². The molecule has 0 spiro atoms. The van der Waals surface area contributed by atoms with Crippen LogP contribution in [0.1, 0.15) is 15.4 Å². The zero-order valence-corrected chi connectivity index (χ0v) is 18.9. The van der Waals surface area contributed by atoms with Gasteiger partial charge >= 0.3 is 5.97 Å². The highest BCUT2D eigenvalue weighted by molar-refractivity contribution is 7.12. The second-order valence-corrected chi connectivity index (χ2v) is 8.41. The van der Waals surface area contributed by atoms with Crippen molar-refractivity contribution >= 4 is 40.5 Å². The Balaban J connectivity index is 1.60. The monoisotopic (exact) mass is 472 g/mol. The van der Waals surface area contributed by atoms with E-state index in [9.17, 15) is 4.79 Å². The molecular weight excluding hydrogens is 455 g/mol. The van der Waals surface area contributed by atoms with Crippen LogP contribution in [0.4, 0.5) is 0 Å². The Morgan fingerprint density at radius 3 is 2.58 bits per heavy atom. The van der Waals surface area contributed by atoms with Gasteiger partial charge in [-0.1, -0.05) is 59.6 Å². The number of aromatic nitrogens is 2. The van der Waals surface area contributed by atoms with E-state index in [2.05, 4.69) is 5.10 Å². The lowest BCUT2D eigenvalue weighted by Crippen LogP contribution is -2.15. The Hall–Kier alpha value is -2.80. The second-order valence-electron chi connectivity index (χ2n) is 6.65. The Bertz CT molecular complexity index is 1190. The summed E-state index contributed by atoms with van der Waals surface area (Å²) in [4.78, 5) is 13.2. The van der Waals surface area contributed by atoms with Crippen LogP contribution in [-0.2, 0) is 6.54 Å². The van der Waals surface area contributed by atoms with Gasteiger partial charge in [-0.25, -0.2) is 9.48 Å². The first-order valence-electron chi connectivity index (χ1n) is 9.49. The van der Waals surface area contributed by atoms with E-state index in [4.69, 9.17) is 32.7 Å². The molecule has 0 bridgehead atoms. The van der Waals surface area contributed by atoms with Gasteiger partial charge in [0.25, 0.3) is 0 Å². The molecule has 4 aromatic rings. The summed E-state index contributed by atoms with van der Waals surface area (Å²) in [5, 5.41) is 7.32. The Morgan fingerprint density at radius 1 is 1.06 bits per heavy atom. The Labute approximate surface area is 193 Å². The van der Waals surface area contributed by atoms with E-state index in [1.54, 1.807) is 28.9 Å². The molecule has 2 aromatic heterocycles. The van der Waals surface area contributed by atoms with E-state index >= 15 is 0 Å². The zero-order valence-electron chi connectivity index (χ0n) is 16.5. The topological polar surface area (TPSA) is 53.4 Å². The average molecular weight is 473 g/mol. The molecule has 2 aromatic carbocycles. The van der Waals surface area contributed by atoms with Crippen LogP contribution in [-0.4, -0.2) is 22.4 Å². The lowest BCUT2D eigenvalue weighted by molar-refractivity contribution is 0.0722. The third-order valence-corrected chi connectivity index (χ3v) is 6.11. The van der Waals surface area contributed by atoms with Crippen molar-refractivity contribution in [3.05, 3.63) is 86.7 Å². The van der Waals surface area contributed by atoms with E-state index in [1.165, 1.54) is 11.3 Å². The summed E-state index contributed by atoms with van der Waals surface area (Å²) in [5.74, 6) is 0.567. The van der Waals surface area contributed by atoms with Crippen LogP contribution in [0.25, 0.3) is 11.1 Å². The summed E-state index contributed by atoms with van der Waals surface area (Å²) in [7, 11) is 0. The smallest absolute Gasteiger partial charge is 0.355 e. The summed E-state index contributed by atoms with van der Waals surface area (Å²) >= 11 is 13.3. The molecule has 31 heavy (non-hydrogen) atoms. The van der Waals surface area contributed by atoms with Gasteiger partial charge < -0.3 is 9.47 Å². The van der Waals surface area contributed by atoms with Gasteiger partial charge in [-0.05, 0) is 36.1 Å². The first-order valence-corrected chi connectivity index (χ1v) is 11.1. The number of halogens is 2. The summed E-state index contributed by atoms with van der Waals surface area (Å²) in [6.07, 6.45) is 0. The standard InChI is InChI=1S/C23H18Cl2N2O3S/c1-15-21(16-6-3-2-4-7-16)22(30-23(28)20-8-5-13-31-20)27(26-15)11-12-29-17-9-10-18(24)19(25)14-17/h2-10,13-14H,11-12H2,1H3. The van der Waals surface area contributed by atoms with Gasteiger partial charge in [0, 0.05) is 6.07 Å². The molecule has 0 amide bonds. The van der Waals surface area contributed by atoms with Gasteiger partial charge in [-0.2, -0.15) is 5.10 Å².